The molecule has 106 valence electrons. The fraction of sp³-hybridized carbons (Fsp3) is 0.733. The molecule has 1 saturated carbocycles. The molecule has 0 aliphatic heterocycles. The second kappa shape index (κ2) is 4.75. The van der Waals surface area contributed by atoms with Crippen molar-refractivity contribution in [3.05, 3.63) is 11.6 Å². The molecule has 4 heteroatoms. The van der Waals surface area contributed by atoms with Crippen molar-refractivity contribution in [2.45, 2.75) is 51.6 Å². The monoisotopic (exact) mass is 266 g/mol. The Kier molecular flexibility index (Phi) is 3.56. The van der Waals surface area contributed by atoms with E-state index in [0.717, 1.165) is 12.0 Å². The van der Waals surface area contributed by atoms with Gasteiger partial charge in [-0.15, -0.1) is 0 Å². The van der Waals surface area contributed by atoms with Crippen molar-refractivity contribution >= 4 is 11.8 Å². The molecule has 2 aliphatic carbocycles. The van der Waals surface area contributed by atoms with Gasteiger partial charge in [0.15, 0.2) is 0 Å². The van der Waals surface area contributed by atoms with Crippen molar-refractivity contribution in [3.63, 3.8) is 0 Å². The summed E-state index contributed by atoms with van der Waals surface area (Å²) < 4.78 is 4.94. The van der Waals surface area contributed by atoms with E-state index in [0.29, 0.717) is 25.7 Å². The van der Waals surface area contributed by atoms with Gasteiger partial charge in [-0.3, -0.25) is 9.59 Å². The number of rotatable bonds is 2. The molecule has 0 aromatic heterocycles. The lowest BCUT2D eigenvalue weighted by atomic mass is 9.67. The fourth-order valence-electron chi connectivity index (χ4n) is 3.81. The van der Waals surface area contributed by atoms with E-state index in [2.05, 4.69) is 0 Å². The molecule has 2 rings (SSSR count). The van der Waals surface area contributed by atoms with E-state index in [1.807, 2.05) is 13.0 Å². The summed E-state index contributed by atoms with van der Waals surface area (Å²) in [5, 5.41) is 11.1. The number of aliphatic hydroxyl groups is 1. The van der Waals surface area contributed by atoms with Crippen LogP contribution in [-0.4, -0.2) is 29.6 Å². The quantitative estimate of drug-likeness (QED) is 0.613. The third-order valence-electron chi connectivity index (χ3n) is 5.03. The maximum atomic E-state index is 12.3. The first-order valence-corrected chi connectivity index (χ1v) is 6.84. The molecule has 0 heterocycles. The number of Topliss-reactive ketones (excluding diaryl/α,β-unsaturated/α-hetero) is 1. The number of carbonyl (C=O) groups excluding carboxylic acids is 2. The van der Waals surface area contributed by atoms with Gasteiger partial charge in [0.2, 0.25) is 0 Å². The van der Waals surface area contributed by atoms with Crippen LogP contribution >= 0.6 is 0 Å². The molecule has 3 atom stereocenters. The van der Waals surface area contributed by atoms with Gasteiger partial charge >= 0.3 is 5.97 Å². The first-order valence-electron chi connectivity index (χ1n) is 6.84. The van der Waals surface area contributed by atoms with Crippen molar-refractivity contribution in [2.75, 3.05) is 7.11 Å². The Morgan fingerprint density at radius 1 is 1.42 bits per heavy atom. The van der Waals surface area contributed by atoms with Crippen molar-refractivity contribution in [3.8, 4) is 0 Å². The average Bonchev–Trinajstić information content (AvgIpc) is 2.61. The Bertz CT molecular complexity index is 439. The molecule has 0 bridgehead atoms. The fourth-order valence-corrected chi connectivity index (χ4v) is 3.81. The predicted molar refractivity (Wildman–Crippen MR) is 70.4 cm³/mol. The number of hydrogen-bond acceptors (Lipinski definition) is 4. The van der Waals surface area contributed by atoms with Crippen LogP contribution in [0.25, 0.3) is 0 Å². The van der Waals surface area contributed by atoms with Gasteiger partial charge in [-0.05, 0) is 46.0 Å². The Morgan fingerprint density at radius 2 is 2.11 bits per heavy atom. The second-order valence-corrected chi connectivity index (χ2v) is 5.95. The summed E-state index contributed by atoms with van der Waals surface area (Å²) in [5.41, 5.74) is -1.05. The third-order valence-corrected chi connectivity index (χ3v) is 5.03. The van der Waals surface area contributed by atoms with Crippen LogP contribution < -0.4 is 0 Å². The molecular formula is C15H22O4. The normalized spacial score (nSPS) is 38.1. The molecule has 0 radical (unpaired) electrons. The SMILES string of the molecule is COC(=O)[C@]12CC=C(C)CC[C@@]1(O)[C@H](C(C)=O)CC2. The number of hydrogen-bond donors (Lipinski definition) is 1. The highest BCUT2D eigenvalue weighted by molar-refractivity contribution is 5.86. The van der Waals surface area contributed by atoms with E-state index in [1.165, 1.54) is 14.0 Å². The molecule has 4 nitrogen and oxygen atoms in total. The topological polar surface area (TPSA) is 63.6 Å². The molecule has 0 amide bonds. The lowest BCUT2D eigenvalue weighted by Crippen LogP contribution is -2.54. The number of fused-ring (bicyclic) bond motifs is 1. The highest BCUT2D eigenvalue weighted by atomic mass is 16.5. The second-order valence-electron chi connectivity index (χ2n) is 5.95. The molecule has 2 aliphatic rings. The molecule has 0 aromatic rings. The average molecular weight is 266 g/mol. The van der Waals surface area contributed by atoms with Crippen LogP contribution in [-0.2, 0) is 14.3 Å². The largest absolute Gasteiger partial charge is 0.468 e. The van der Waals surface area contributed by atoms with Gasteiger partial charge in [0.25, 0.3) is 0 Å². The molecule has 0 spiro atoms. The van der Waals surface area contributed by atoms with Gasteiger partial charge in [-0.1, -0.05) is 11.6 Å². The minimum absolute atomic E-state index is 0.0344. The minimum Gasteiger partial charge on any atom is -0.468 e. The summed E-state index contributed by atoms with van der Waals surface area (Å²) in [7, 11) is 1.35. The van der Waals surface area contributed by atoms with Crippen LogP contribution in [0.1, 0.15) is 46.0 Å². The summed E-state index contributed by atoms with van der Waals surface area (Å²) >= 11 is 0. The molecule has 19 heavy (non-hydrogen) atoms. The smallest absolute Gasteiger partial charge is 0.315 e. The lowest BCUT2D eigenvalue weighted by Gasteiger charge is -2.41. The Hall–Kier alpha value is -1.16. The van der Waals surface area contributed by atoms with Crippen LogP contribution in [0.4, 0.5) is 0 Å². The highest BCUT2D eigenvalue weighted by Gasteiger charge is 2.64. The molecule has 1 N–H and O–H groups in total. The van der Waals surface area contributed by atoms with Gasteiger partial charge in [0.1, 0.15) is 11.2 Å². The van der Waals surface area contributed by atoms with Crippen molar-refractivity contribution in [1.29, 1.82) is 0 Å². The van der Waals surface area contributed by atoms with Crippen LogP contribution in [0, 0.1) is 11.3 Å². The predicted octanol–water partition coefficient (Wildman–Crippen LogP) is 2.01. The number of allylic oxidation sites excluding steroid dienone is 2. The number of carbonyl (C=O) groups is 2. The minimum atomic E-state index is -1.26. The number of esters is 1. The summed E-state index contributed by atoms with van der Waals surface area (Å²) in [5.74, 6) is -0.872. The standard InChI is InChI=1S/C15H22O4/c1-10-4-7-14(13(17)19-3)8-6-12(11(2)16)15(14,18)9-5-10/h4,12,18H,5-9H2,1-3H3/t12-,14+,15+/m0/s1. The van der Waals surface area contributed by atoms with Crippen LogP contribution in [0.3, 0.4) is 0 Å². The van der Waals surface area contributed by atoms with Gasteiger partial charge in [-0.25, -0.2) is 0 Å². The zero-order chi connectivity index (χ0) is 14.3. The number of ether oxygens (including phenoxy) is 1. The van der Waals surface area contributed by atoms with Gasteiger partial charge in [-0.2, -0.15) is 0 Å². The van der Waals surface area contributed by atoms with Crippen molar-refractivity contribution < 1.29 is 19.4 Å². The molecule has 1 fully saturated rings. The molecular weight excluding hydrogens is 244 g/mol. The summed E-state index contributed by atoms with van der Waals surface area (Å²) in [6.45, 7) is 3.50. The van der Waals surface area contributed by atoms with Crippen molar-refractivity contribution in [1.82, 2.24) is 0 Å². The Morgan fingerprint density at radius 3 is 2.68 bits per heavy atom. The van der Waals surface area contributed by atoms with E-state index < -0.39 is 16.9 Å². The number of methoxy groups -OCH3 is 1. The van der Waals surface area contributed by atoms with E-state index >= 15 is 0 Å². The maximum Gasteiger partial charge on any atom is 0.315 e. The summed E-state index contributed by atoms with van der Waals surface area (Å²) in [6, 6.07) is 0. The van der Waals surface area contributed by atoms with E-state index in [4.69, 9.17) is 4.74 Å². The first kappa shape index (κ1) is 14.3. The maximum absolute atomic E-state index is 12.3. The number of ketones is 1. The van der Waals surface area contributed by atoms with Crippen LogP contribution in [0.2, 0.25) is 0 Å². The van der Waals surface area contributed by atoms with E-state index in [1.54, 1.807) is 0 Å². The first-order chi connectivity index (χ1) is 8.87. The lowest BCUT2D eigenvalue weighted by molar-refractivity contribution is -0.174. The summed E-state index contributed by atoms with van der Waals surface area (Å²) in [6.07, 6.45) is 4.73. The van der Waals surface area contributed by atoms with Gasteiger partial charge < -0.3 is 9.84 Å². The summed E-state index contributed by atoms with van der Waals surface area (Å²) in [4.78, 5) is 24.1. The Balaban J connectivity index is 2.50. The zero-order valence-corrected chi connectivity index (χ0v) is 11.9. The highest BCUT2D eigenvalue weighted by Crippen LogP contribution is 2.57. The van der Waals surface area contributed by atoms with E-state index in [-0.39, 0.29) is 11.8 Å². The third kappa shape index (κ3) is 1.93. The van der Waals surface area contributed by atoms with Crippen molar-refractivity contribution in [2.24, 2.45) is 11.3 Å². The molecule has 0 unspecified atom stereocenters. The molecule has 0 aromatic carbocycles. The zero-order valence-electron chi connectivity index (χ0n) is 11.9. The van der Waals surface area contributed by atoms with E-state index in [9.17, 15) is 14.7 Å². The Labute approximate surface area is 113 Å². The van der Waals surface area contributed by atoms with Gasteiger partial charge in [0, 0.05) is 5.92 Å². The van der Waals surface area contributed by atoms with Crippen LogP contribution in [0.5, 0.6) is 0 Å². The molecule has 0 saturated heterocycles. The van der Waals surface area contributed by atoms with Crippen LogP contribution in [0.15, 0.2) is 11.6 Å². The van der Waals surface area contributed by atoms with Gasteiger partial charge in [0.05, 0.1) is 12.7 Å².